The number of rotatable bonds is 6. The van der Waals surface area contributed by atoms with Gasteiger partial charge in [0.2, 0.25) is 0 Å². The van der Waals surface area contributed by atoms with E-state index in [-0.39, 0.29) is 11.6 Å². The lowest BCUT2D eigenvalue weighted by atomic mass is 10.1. The average Bonchev–Trinajstić information content (AvgIpc) is 2.55. The highest BCUT2D eigenvalue weighted by Gasteiger charge is 2.01. The van der Waals surface area contributed by atoms with Crippen molar-refractivity contribution in [3.8, 4) is 0 Å². The van der Waals surface area contributed by atoms with Crippen molar-refractivity contribution in [3.05, 3.63) is 95.3 Å². The van der Waals surface area contributed by atoms with Crippen LogP contribution in [0, 0.1) is 13.8 Å². The third-order valence-electron chi connectivity index (χ3n) is 3.33. The van der Waals surface area contributed by atoms with Crippen molar-refractivity contribution >= 4 is 11.6 Å². The van der Waals surface area contributed by atoms with Gasteiger partial charge in [0.1, 0.15) is 0 Å². The van der Waals surface area contributed by atoms with Gasteiger partial charge in [-0.15, -0.1) is 0 Å². The highest BCUT2D eigenvalue weighted by Crippen LogP contribution is 2.05. The highest BCUT2D eigenvalue weighted by molar-refractivity contribution is 6.05. The number of hydrogen-bond donors (Lipinski definition) is 1. The SMILES string of the molecule is Cc1ccc(C(=O)C=CNC=CC(=O)c2ccc(C)cc2)cc1. The number of carbonyl (C=O) groups excluding carboxylic acids is 2. The number of hydrogen-bond acceptors (Lipinski definition) is 3. The largest absolute Gasteiger partial charge is 0.367 e. The number of ketones is 2. The van der Waals surface area contributed by atoms with Gasteiger partial charge in [0.05, 0.1) is 0 Å². The molecule has 0 aliphatic carbocycles. The molecule has 2 rings (SSSR count). The van der Waals surface area contributed by atoms with Gasteiger partial charge in [-0.3, -0.25) is 9.59 Å². The minimum atomic E-state index is -0.0873. The van der Waals surface area contributed by atoms with Crippen molar-refractivity contribution in [3.63, 3.8) is 0 Å². The predicted octanol–water partition coefficient (Wildman–Crippen LogP) is 3.99. The Labute approximate surface area is 136 Å². The second kappa shape index (κ2) is 7.90. The summed E-state index contributed by atoms with van der Waals surface area (Å²) in [4.78, 5) is 23.8. The molecule has 0 atom stereocenters. The topological polar surface area (TPSA) is 46.2 Å². The van der Waals surface area contributed by atoms with Gasteiger partial charge in [0.25, 0.3) is 0 Å². The molecule has 0 aliphatic heterocycles. The van der Waals surface area contributed by atoms with Crippen LogP contribution in [0.4, 0.5) is 0 Å². The Bertz CT molecular complexity index is 673. The van der Waals surface area contributed by atoms with Crippen LogP contribution in [0.5, 0.6) is 0 Å². The van der Waals surface area contributed by atoms with Crippen LogP contribution in [0.1, 0.15) is 31.8 Å². The first-order valence-corrected chi connectivity index (χ1v) is 7.37. The lowest BCUT2D eigenvalue weighted by molar-refractivity contribution is 0.103. The Morgan fingerprint density at radius 1 is 0.696 bits per heavy atom. The van der Waals surface area contributed by atoms with Crippen molar-refractivity contribution in [2.75, 3.05) is 0 Å². The van der Waals surface area contributed by atoms with Crippen LogP contribution in [0.25, 0.3) is 0 Å². The van der Waals surface area contributed by atoms with Gasteiger partial charge in [-0.25, -0.2) is 0 Å². The number of allylic oxidation sites excluding steroid dienone is 2. The normalized spacial score (nSPS) is 11.0. The zero-order valence-corrected chi connectivity index (χ0v) is 13.2. The average molecular weight is 305 g/mol. The van der Waals surface area contributed by atoms with Crippen LogP contribution in [0.2, 0.25) is 0 Å². The quantitative estimate of drug-likeness (QED) is 0.648. The molecule has 3 heteroatoms. The summed E-state index contributed by atoms with van der Waals surface area (Å²) < 4.78 is 0. The van der Waals surface area contributed by atoms with E-state index in [0.717, 1.165) is 11.1 Å². The van der Waals surface area contributed by atoms with E-state index < -0.39 is 0 Å². The monoisotopic (exact) mass is 305 g/mol. The van der Waals surface area contributed by atoms with E-state index in [1.54, 1.807) is 24.3 Å². The fourth-order valence-corrected chi connectivity index (χ4v) is 1.93. The van der Waals surface area contributed by atoms with Crippen molar-refractivity contribution in [2.45, 2.75) is 13.8 Å². The summed E-state index contributed by atoms with van der Waals surface area (Å²) in [5.74, 6) is -0.175. The molecule has 0 saturated carbocycles. The molecule has 23 heavy (non-hydrogen) atoms. The zero-order chi connectivity index (χ0) is 16.7. The van der Waals surface area contributed by atoms with Gasteiger partial charge in [-0.1, -0.05) is 59.7 Å². The van der Waals surface area contributed by atoms with Crippen LogP contribution in [-0.2, 0) is 0 Å². The minimum absolute atomic E-state index is 0.0873. The van der Waals surface area contributed by atoms with E-state index >= 15 is 0 Å². The molecule has 116 valence electrons. The standard InChI is InChI=1S/C20H19NO2/c1-15-3-7-17(8-4-15)19(22)11-13-21-14-12-20(23)18-9-5-16(2)6-10-18/h3-14,21H,1-2H3. The van der Waals surface area contributed by atoms with Gasteiger partial charge in [0, 0.05) is 35.7 Å². The maximum Gasteiger partial charge on any atom is 0.187 e. The highest BCUT2D eigenvalue weighted by atomic mass is 16.1. The molecule has 0 saturated heterocycles. The lowest BCUT2D eigenvalue weighted by Crippen LogP contribution is -2.00. The van der Waals surface area contributed by atoms with E-state index in [1.807, 2.05) is 38.1 Å². The van der Waals surface area contributed by atoms with E-state index in [1.165, 1.54) is 24.6 Å². The molecule has 2 aromatic carbocycles. The van der Waals surface area contributed by atoms with Crippen LogP contribution in [0.15, 0.2) is 73.1 Å². The first-order chi connectivity index (χ1) is 11.1. The van der Waals surface area contributed by atoms with E-state index in [9.17, 15) is 9.59 Å². The van der Waals surface area contributed by atoms with Gasteiger partial charge >= 0.3 is 0 Å². The predicted molar refractivity (Wildman–Crippen MR) is 92.4 cm³/mol. The second-order valence-electron chi connectivity index (χ2n) is 5.29. The van der Waals surface area contributed by atoms with Crippen molar-refractivity contribution in [1.29, 1.82) is 0 Å². The molecule has 3 nitrogen and oxygen atoms in total. The first kappa shape index (κ1) is 16.4. The third kappa shape index (κ3) is 5.08. The van der Waals surface area contributed by atoms with Crippen LogP contribution in [-0.4, -0.2) is 11.6 Å². The molecular formula is C20H19NO2. The van der Waals surface area contributed by atoms with Crippen molar-refractivity contribution in [2.24, 2.45) is 0 Å². The molecule has 0 fully saturated rings. The summed E-state index contributed by atoms with van der Waals surface area (Å²) in [5.41, 5.74) is 3.49. The van der Waals surface area contributed by atoms with E-state index in [0.29, 0.717) is 11.1 Å². The number of carbonyl (C=O) groups is 2. The smallest absolute Gasteiger partial charge is 0.187 e. The minimum Gasteiger partial charge on any atom is -0.367 e. The Morgan fingerprint density at radius 2 is 1.04 bits per heavy atom. The number of nitrogens with one attached hydrogen (secondary N) is 1. The fourth-order valence-electron chi connectivity index (χ4n) is 1.93. The molecule has 0 amide bonds. The van der Waals surface area contributed by atoms with E-state index in [4.69, 9.17) is 0 Å². The molecule has 0 spiro atoms. The molecule has 2 aromatic rings. The van der Waals surface area contributed by atoms with Crippen LogP contribution in [0.3, 0.4) is 0 Å². The molecular weight excluding hydrogens is 286 g/mol. The maximum atomic E-state index is 11.9. The van der Waals surface area contributed by atoms with Crippen LogP contribution >= 0.6 is 0 Å². The first-order valence-electron chi connectivity index (χ1n) is 7.37. The fraction of sp³-hybridized carbons (Fsp3) is 0.100. The molecule has 0 aliphatic rings. The summed E-state index contributed by atoms with van der Waals surface area (Å²) >= 11 is 0. The molecule has 0 unspecified atom stereocenters. The Hall–Kier alpha value is -2.94. The van der Waals surface area contributed by atoms with Gasteiger partial charge in [-0.05, 0) is 13.8 Å². The van der Waals surface area contributed by atoms with E-state index in [2.05, 4.69) is 5.32 Å². The Kier molecular flexibility index (Phi) is 5.64. The Morgan fingerprint density at radius 3 is 1.39 bits per heavy atom. The summed E-state index contributed by atoms with van der Waals surface area (Å²) in [6.45, 7) is 3.95. The van der Waals surface area contributed by atoms with Crippen molar-refractivity contribution < 1.29 is 9.59 Å². The van der Waals surface area contributed by atoms with Crippen molar-refractivity contribution in [1.82, 2.24) is 5.32 Å². The van der Waals surface area contributed by atoms with Gasteiger partial charge in [0.15, 0.2) is 11.6 Å². The summed E-state index contributed by atoms with van der Waals surface area (Å²) in [7, 11) is 0. The number of aryl methyl sites for hydroxylation is 2. The summed E-state index contributed by atoms with van der Waals surface area (Å²) in [6.07, 6.45) is 5.90. The van der Waals surface area contributed by atoms with Crippen LogP contribution < -0.4 is 5.32 Å². The Balaban J connectivity index is 1.86. The second-order valence-corrected chi connectivity index (χ2v) is 5.29. The zero-order valence-electron chi connectivity index (χ0n) is 13.2. The third-order valence-corrected chi connectivity index (χ3v) is 3.33. The maximum absolute atomic E-state index is 11.9. The molecule has 0 bridgehead atoms. The lowest BCUT2D eigenvalue weighted by Gasteiger charge is -1.97. The summed E-state index contributed by atoms with van der Waals surface area (Å²) in [5, 5.41) is 2.81. The summed E-state index contributed by atoms with van der Waals surface area (Å²) in [6, 6.07) is 14.8. The molecule has 0 aromatic heterocycles. The molecule has 1 N–H and O–H groups in total. The molecule has 0 heterocycles. The number of benzene rings is 2. The van der Waals surface area contributed by atoms with Gasteiger partial charge in [-0.2, -0.15) is 0 Å². The molecule has 0 radical (unpaired) electrons. The van der Waals surface area contributed by atoms with Gasteiger partial charge < -0.3 is 5.32 Å².